The van der Waals surface area contributed by atoms with Crippen molar-refractivity contribution in [2.24, 2.45) is 0 Å². The van der Waals surface area contributed by atoms with Crippen molar-refractivity contribution in [2.45, 2.75) is 39.9 Å². The molecule has 0 bridgehead atoms. The third kappa shape index (κ3) is 7.46. The van der Waals surface area contributed by atoms with Gasteiger partial charge in [-0.2, -0.15) is 0 Å². The molecule has 1 N–H and O–H groups in total. The van der Waals surface area contributed by atoms with Crippen molar-refractivity contribution in [1.29, 1.82) is 0 Å². The number of hydrogen-bond acceptors (Lipinski definition) is 7. The monoisotopic (exact) mass is 567 g/mol. The fourth-order valence-corrected chi connectivity index (χ4v) is 4.32. The van der Waals surface area contributed by atoms with Gasteiger partial charge >= 0.3 is 0 Å². The number of rotatable bonds is 13. The lowest BCUT2D eigenvalue weighted by atomic mass is 9.95. The highest BCUT2D eigenvalue weighted by molar-refractivity contribution is 6.15. The van der Waals surface area contributed by atoms with Gasteiger partial charge in [-0.15, -0.1) is 0 Å². The molecule has 218 valence electrons. The Morgan fingerprint density at radius 3 is 2.07 bits per heavy atom. The minimum Gasteiger partial charge on any atom is -0.488 e. The van der Waals surface area contributed by atoms with Crippen molar-refractivity contribution in [3.63, 3.8) is 0 Å². The van der Waals surface area contributed by atoms with Crippen LogP contribution in [-0.4, -0.2) is 42.4 Å². The van der Waals surface area contributed by atoms with Crippen LogP contribution in [0.2, 0.25) is 0 Å². The van der Waals surface area contributed by atoms with Crippen LogP contribution in [0, 0.1) is 0 Å². The average Bonchev–Trinajstić information content (AvgIpc) is 3.44. The fraction of sp³-hybridized carbons (Fsp3) is 0.265. The van der Waals surface area contributed by atoms with Gasteiger partial charge in [-0.25, -0.2) is 0 Å². The first-order chi connectivity index (χ1) is 20.3. The summed E-state index contributed by atoms with van der Waals surface area (Å²) >= 11 is 0. The van der Waals surface area contributed by atoms with Crippen LogP contribution in [-0.2, 0) is 13.2 Å². The fourth-order valence-electron chi connectivity index (χ4n) is 4.32. The maximum Gasteiger partial charge on any atom is 0.274 e. The number of amides is 1. The van der Waals surface area contributed by atoms with Gasteiger partial charge in [0.1, 0.15) is 30.3 Å². The first-order valence-corrected chi connectivity index (χ1v) is 14.0. The number of benzene rings is 3. The molecule has 4 aromatic rings. The summed E-state index contributed by atoms with van der Waals surface area (Å²) in [6.07, 6.45) is 3.01. The first-order valence-electron chi connectivity index (χ1n) is 14.0. The van der Waals surface area contributed by atoms with E-state index in [2.05, 4.69) is 24.3 Å². The molecule has 0 atom stereocenters. The largest absolute Gasteiger partial charge is 0.488 e. The number of carbonyl (C=O) groups is 2. The van der Waals surface area contributed by atoms with Crippen molar-refractivity contribution in [2.75, 3.05) is 20.6 Å². The number of ketones is 1. The van der Waals surface area contributed by atoms with Gasteiger partial charge in [0.15, 0.2) is 17.2 Å². The zero-order chi connectivity index (χ0) is 30.1. The van der Waals surface area contributed by atoms with Gasteiger partial charge in [-0.3, -0.25) is 9.59 Å². The highest BCUT2D eigenvalue weighted by atomic mass is 16.5. The SMILES string of the molecule is CCNC(=O)c1noc(-c2cc(C(C)C)c(OCc3ccccc3)cc2OCc2ccccc2)c1C(=O)C=CN(C)C. The number of allylic oxidation sites excluding steroid dienone is 1. The van der Waals surface area contributed by atoms with Crippen LogP contribution in [0.1, 0.15) is 64.2 Å². The average molecular weight is 568 g/mol. The van der Waals surface area contributed by atoms with E-state index in [9.17, 15) is 9.59 Å². The Kier molecular flexibility index (Phi) is 10.2. The van der Waals surface area contributed by atoms with Crippen LogP contribution < -0.4 is 14.8 Å². The van der Waals surface area contributed by atoms with Gasteiger partial charge in [0, 0.05) is 39.0 Å². The molecular weight excluding hydrogens is 530 g/mol. The van der Waals surface area contributed by atoms with E-state index >= 15 is 0 Å². The molecule has 1 heterocycles. The van der Waals surface area contributed by atoms with Crippen LogP contribution in [0.5, 0.6) is 11.5 Å². The van der Waals surface area contributed by atoms with E-state index in [-0.39, 0.29) is 29.5 Å². The lowest BCUT2D eigenvalue weighted by Crippen LogP contribution is -2.25. The van der Waals surface area contributed by atoms with Gasteiger partial charge in [0.05, 0.1) is 5.56 Å². The summed E-state index contributed by atoms with van der Waals surface area (Å²) in [6, 6.07) is 23.4. The van der Waals surface area contributed by atoms with Crippen LogP contribution in [0.4, 0.5) is 0 Å². The topological polar surface area (TPSA) is 93.9 Å². The molecule has 0 fully saturated rings. The molecule has 3 aromatic carbocycles. The van der Waals surface area contributed by atoms with Crippen molar-refractivity contribution in [1.82, 2.24) is 15.4 Å². The lowest BCUT2D eigenvalue weighted by Gasteiger charge is -2.19. The third-order valence-electron chi connectivity index (χ3n) is 6.47. The van der Waals surface area contributed by atoms with Gasteiger partial charge in [0.25, 0.3) is 5.91 Å². The van der Waals surface area contributed by atoms with E-state index in [0.29, 0.717) is 30.2 Å². The van der Waals surface area contributed by atoms with E-state index in [4.69, 9.17) is 14.0 Å². The number of carbonyl (C=O) groups excluding carboxylic acids is 2. The van der Waals surface area contributed by atoms with Crippen LogP contribution >= 0.6 is 0 Å². The minimum atomic E-state index is -0.493. The van der Waals surface area contributed by atoms with Gasteiger partial charge < -0.3 is 24.2 Å². The molecule has 1 amide bonds. The van der Waals surface area contributed by atoms with E-state index < -0.39 is 11.7 Å². The quantitative estimate of drug-likeness (QED) is 0.143. The maximum atomic E-state index is 13.5. The molecule has 0 aliphatic rings. The maximum absolute atomic E-state index is 13.5. The molecule has 42 heavy (non-hydrogen) atoms. The number of hydrogen-bond donors (Lipinski definition) is 1. The number of aromatic nitrogens is 1. The molecule has 0 aliphatic carbocycles. The molecule has 0 unspecified atom stereocenters. The molecule has 0 aliphatic heterocycles. The summed E-state index contributed by atoms with van der Waals surface area (Å²) in [5, 5.41) is 6.77. The van der Waals surface area contributed by atoms with Crippen LogP contribution in [0.25, 0.3) is 11.3 Å². The van der Waals surface area contributed by atoms with Gasteiger partial charge in [-0.1, -0.05) is 79.7 Å². The standard InChI is InChI=1S/C34H37N3O5/c1-6-35-34(39)32-31(28(38)17-18-37(4)5)33(42-36-32)27-19-26(23(2)3)29(40-21-24-13-9-7-10-14-24)20-30(27)41-22-25-15-11-8-12-16-25/h7-20,23H,6,21-22H2,1-5H3,(H,35,39). The Hall–Kier alpha value is -4.85. The molecule has 1 aromatic heterocycles. The van der Waals surface area contributed by atoms with Crippen molar-refractivity contribution >= 4 is 11.7 Å². The Bertz CT molecular complexity index is 1530. The predicted octanol–water partition coefficient (Wildman–Crippen LogP) is 6.63. The van der Waals surface area contributed by atoms with E-state index in [1.165, 1.54) is 6.08 Å². The predicted molar refractivity (Wildman–Crippen MR) is 163 cm³/mol. The Balaban J connectivity index is 1.86. The second-order valence-corrected chi connectivity index (χ2v) is 10.3. The number of nitrogens with zero attached hydrogens (tertiary/aromatic N) is 2. The highest BCUT2D eigenvalue weighted by Crippen LogP contribution is 2.42. The van der Waals surface area contributed by atoms with Crippen molar-refractivity contribution in [3.05, 3.63) is 113 Å². The summed E-state index contributed by atoms with van der Waals surface area (Å²) < 4.78 is 18.4. The second kappa shape index (κ2) is 14.2. The molecular formula is C34H37N3O5. The molecule has 0 spiro atoms. The van der Waals surface area contributed by atoms with Crippen LogP contribution in [0.15, 0.2) is 89.6 Å². The minimum absolute atomic E-state index is 0.0660. The van der Waals surface area contributed by atoms with Gasteiger partial charge in [-0.05, 0) is 35.6 Å². The summed E-state index contributed by atoms with van der Waals surface area (Å²) in [4.78, 5) is 28.2. The third-order valence-corrected chi connectivity index (χ3v) is 6.47. The Morgan fingerprint density at radius 2 is 1.52 bits per heavy atom. The van der Waals surface area contributed by atoms with E-state index in [1.807, 2.05) is 86.9 Å². The molecule has 0 saturated heterocycles. The zero-order valence-electron chi connectivity index (χ0n) is 24.7. The summed E-state index contributed by atoms with van der Waals surface area (Å²) in [5.41, 5.74) is 3.39. The van der Waals surface area contributed by atoms with E-state index in [0.717, 1.165) is 16.7 Å². The normalized spacial score (nSPS) is 11.1. The zero-order valence-corrected chi connectivity index (χ0v) is 24.7. The smallest absolute Gasteiger partial charge is 0.274 e. The Labute approximate surface area is 246 Å². The van der Waals surface area contributed by atoms with Crippen molar-refractivity contribution in [3.8, 4) is 22.8 Å². The summed E-state index contributed by atoms with van der Waals surface area (Å²) in [7, 11) is 3.61. The van der Waals surface area contributed by atoms with Crippen molar-refractivity contribution < 1.29 is 23.6 Å². The highest BCUT2D eigenvalue weighted by Gasteiger charge is 2.30. The van der Waals surface area contributed by atoms with E-state index in [1.54, 1.807) is 18.0 Å². The first kappa shape index (κ1) is 30.1. The molecule has 4 rings (SSSR count). The second-order valence-electron chi connectivity index (χ2n) is 10.3. The van der Waals surface area contributed by atoms with Crippen LogP contribution in [0.3, 0.4) is 0 Å². The number of ether oxygens (including phenoxy) is 2. The molecule has 8 heteroatoms. The van der Waals surface area contributed by atoms with Gasteiger partial charge in [0.2, 0.25) is 0 Å². The summed E-state index contributed by atoms with van der Waals surface area (Å²) in [6.45, 7) is 6.94. The number of nitrogens with one attached hydrogen (secondary N) is 1. The lowest BCUT2D eigenvalue weighted by molar-refractivity contribution is 0.0937. The Morgan fingerprint density at radius 1 is 0.929 bits per heavy atom. The molecule has 0 radical (unpaired) electrons. The molecule has 0 saturated carbocycles. The molecule has 8 nitrogen and oxygen atoms in total. The summed E-state index contributed by atoms with van der Waals surface area (Å²) in [5.74, 6) is 0.416.